The number of carbonyl (C=O) groups excluding carboxylic acids is 1. The predicted octanol–water partition coefficient (Wildman–Crippen LogP) is 1.17. The first-order valence-corrected chi connectivity index (χ1v) is 4.42. The SMILES string of the molecule is CC1C(=O)NCC1(C)C1CC1. The standard InChI is InChI=1S/C9H15NO/c1-6-8(11)10-5-9(6,2)7-3-4-7/h6-7H,3-5H2,1-2H3,(H,10,11). The van der Waals surface area contributed by atoms with E-state index in [4.69, 9.17) is 0 Å². The van der Waals surface area contributed by atoms with Crippen LogP contribution in [-0.2, 0) is 4.79 Å². The van der Waals surface area contributed by atoms with Crippen LogP contribution < -0.4 is 5.32 Å². The molecule has 0 aromatic rings. The van der Waals surface area contributed by atoms with Gasteiger partial charge in [0.05, 0.1) is 0 Å². The number of amides is 1. The summed E-state index contributed by atoms with van der Waals surface area (Å²) in [4.78, 5) is 11.2. The van der Waals surface area contributed by atoms with Crippen LogP contribution in [0.1, 0.15) is 26.7 Å². The fraction of sp³-hybridized carbons (Fsp3) is 0.889. The number of rotatable bonds is 1. The molecule has 1 saturated heterocycles. The third-order valence-electron chi connectivity index (χ3n) is 3.54. The first-order valence-electron chi connectivity index (χ1n) is 4.42. The molecule has 1 aliphatic heterocycles. The first kappa shape index (κ1) is 7.14. The van der Waals surface area contributed by atoms with Gasteiger partial charge < -0.3 is 5.32 Å². The largest absolute Gasteiger partial charge is 0.355 e. The Morgan fingerprint density at radius 3 is 2.55 bits per heavy atom. The zero-order valence-electron chi connectivity index (χ0n) is 7.18. The molecule has 1 aliphatic carbocycles. The van der Waals surface area contributed by atoms with Gasteiger partial charge in [-0.15, -0.1) is 0 Å². The molecular weight excluding hydrogens is 138 g/mol. The first-order chi connectivity index (χ1) is 5.14. The van der Waals surface area contributed by atoms with Crippen molar-refractivity contribution in [2.75, 3.05) is 6.54 Å². The Morgan fingerprint density at radius 1 is 1.55 bits per heavy atom. The third kappa shape index (κ3) is 0.883. The molecule has 0 aromatic carbocycles. The van der Waals surface area contributed by atoms with Crippen molar-refractivity contribution in [3.8, 4) is 0 Å². The van der Waals surface area contributed by atoms with Gasteiger partial charge in [-0.1, -0.05) is 13.8 Å². The summed E-state index contributed by atoms with van der Waals surface area (Å²) >= 11 is 0. The number of nitrogens with one attached hydrogen (secondary N) is 1. The van der Waals surface area contributed by atoms with E-state index >= 15 is 0 Å². The fourth-order valence-electron chi connectivity index (χ4n) is 2.12. The van der Waals surface area contributed by atoms with Gasteiger partial charge in [-0.3, -0.25) is 4.79 Å². The predicted molar refractivity (Wildman–Crippen MR) is 43.0 cm³/mol. The molecule has 2 fully saturated rings. The topological polar surface area (TPSA) is 29.1 Å². The number of hydrogen-bond donors (Lipinski definition) is 1. The maximum Gasteiger partial charge on any atom is 0.223 e. The van der Waals surface area contributed by atoms with Gasteiger partial charge in [0.25, 0.3) is 0 Å². The van der Waals surface area contributed by atoms with Crippen molar-refractivity contribution < 1.29 is 4.79 Å². The van der Waals surface area contributed by atoms with Crippen LogP contribution in [0, 0.1) is 17.3 Å². The molecule has 0 aromatic heterocycles. The van der Waals surface area contributed by atoms with Gasteiger partial charge in [0, 0.05) is 12.5 Å². The van der Waals surface area contributed by atoms with Crippen LogP contribution in [0.15, 0.2) is 0 Å². The van der Waals surface area contributed by atoms with E-state index in [1.807, 2.05) is 0 Å². The second-order valence-electron chi connectivity index (χ2n) is 4.22. The van der Waals surface area contributed by atoms with Crippen molar-refractivity contribution in [3.05, 3.63) is 0 Å². The molecule has 2 atom stereocenters. The summed E-state index contributed by atoms with van der Waals surface area (Å²) in [6.07, 6.45) is 2.66. The Labute approximate surface area is 67.4 Å². The summed E-state index contributed by atoms with van der Waals surface area (Å²) in [5.74, 6) is 1.30. The van der Waals surface area contributed by atoms with Gasteiger partial charge in [0.2, 0.25) is 5.91 Å². The molecule has 1 saturated carbocycles. The highest BCUT2D eigenvalue weighted by Gasteiger charge is 2.51. The molecule has 11 heavy (non-hydrogen) atoms. The van der Waals surface area contributed by atoms with Crippen LogP contribution in [0.4, 0.5) is 0 Å². The van der Waals surface area contributed by atoms with Crippen LogP contribution in [0.25, 0.3) is 0 Å². The summed E-state index contributed by atoms with van der Waals surface area (Å²) < 4.78 is 0. The van der Waals surface area contributed by atoms with Gasteiger partial charge in [0.1, 0.15) is 0 Å². The lowest BCUT2D eigenvalue weighted by molar-refractivity contribution is -0.123. The van der Waals surface area contributed by atoms with Crippen molar-refractivity contribution in [1.29, 1.82) is 0 Å². The Hall–Kier alpha value is -0.530. The Balaban J connectivity index is 2.18. The van der Waals surface area contributed by atoms with E-state index in [-0.39, 0.29) is 17.2 Å². The van der Waals surface area contributed by atoms with Crippen LogP contribution in [-0.4, -0.2) is 12.5 Å². The van der Waals surface area contributed by atoms with Crippen LogP contribution >= 0.6 is 0 Å². The van der Waals surface area contributed by atoms with Gasteiger partial charge in [-0.25, -0.2) is 0 Å². The average Bonchev–Trinajstić information content (AvgIpc) is 2.77. The molecule has 2 rings (SSSR count). The third-order valence-corrected chi connectivity index (χ3v) is 3.54. The molecule has 62 valence electrons. The van der Waals surface area contributed by atoms with Crippen LogP contribution in [0.3, 0.4) is 0 Å². The number of hydrogen-bond acceptors (Lipinski definition) is 1. The monoisotopic (exact) mass is 153 g/mol. The molecule has 2 aliphatic rings. The quantitative estimate of drug-likeness (QED) is 0.602. The van der Waals surface area contributed by atoms with Crippen LogP contribution in [0.5, 0.6) is 0 Å². The van der Waals surface area contributed by atoms with E-state index in [9.17, 15) is 4.79 Å². The van der Waals surface area contributed by atoms with E-state index in [2.05, 4.69) is 19.2 Å². The normalized spacial score (nSPS) is 44.2. The smallest absolute Gasteiger partial charge is 0.223 e. The molecule has 1 amide bonds. The Kier molecular flexibility index (Phi) is 1.29. The van der Waals surface area contributed by atoms with Crippen molar-refractivity contribution in [1.82, 2.24) is 5.32 Å². The highest BCUT2D eigenvalue weighted by molar-refractivity contribution is 5.81. The summed E-state index contributed by atoms with van der Waals surface area (Å²) in [5, 5.41) is 2.94. The summed E-state index contributed by atoms with van der Waals surface area (Å²) in [6.45, 7) is 5.20. The van der Waals surface area contributed by atoms with Gasteiger partial charge in [0.15, 0.2) is 0 Å². The van der Waals surface area contributed by atoms with Gasteiger partial charge in [-0.2, -0.15) is 0 Å². The van der Waals surface area contributed by atoms with E-state index < -0.39 is 0 Å². The minimum atomic E-state index is 0.231. The van der Waals surface area contributed by atoms with Crippen LogP contribution in [0.2, 0.25) is 0 Å². The van der Waals surface area contributed by atoms with Crippen molar-refractivity contribution in [2.24, 2.45) is 17.3 Å². The lowest BCUT2D eigenvalue weighted by Gasteiger charge is -2.25. The Morgan fingerprint density at radius 2 is 2.18 bits per heavy atom. The maximum atomic E-state index is 11.2. The van der Waals surface area contributed by atoms with E-state index in [0.29, 0.717) is 0 Å². The van der Waals surface area contributed by atoms with Crippen molar-refractivity contribution in [3.63, 3.8) is 0 Å². The number of carbonyl (C=O) groups is 1. The minimum Gasteiger partial charge on any atom is -0.355 e. The molecule has 2 heteroatoms. The minimum absolute atomic E-state index is 0.231. The molecule has 0 radical (unpaired) electrons. The molecule has 0 bridgehead atoms. The molecule has 1 heterocycles. The Bertz CT molecular complexity index is 198. The van der Waals surface area contributed by atoms with E-state index in [0.717, 1.165) is 12.5 Å². The second-order valence-corrected chi connectivity index (χ2v) is 4.22. The molecular formula is C9H15NO. The highest BCUT2D eigenvalue weighted by atomic mass is 16.2. The lowest BCUT2D eigenvalue weighted by atomic mass is 9.76. The second kappa shape index (κ2) is 1.99. The van der Waals surface area contributed by atoms with Gasteiger partial charge in [-0.05, 0) is 24.2 Å². The highest BCUT2D eigenvalue weighted by Crippen LogP contribution is 2.51. The molecule has 2 nitrogen and oxygen atoms in total. The fourth-order valence-corrected chi connectivity index (χ4v) is 2.12. The molecule has 0 spiro atoms. The molecule has 2 unspecified atom stereocenters. The van der Waals surface area contributed by atoms with E-state index in [1.54, 1.807) is 0 Å². The zero-order chi connectivity index (χ0) is 8.06. The zero-order valence-corrected chi connectivity index (χ0v) is 7.18. The van der Waals surface area contributed by atoms with Crippen molar-refractivity contribution in [2.45, 2.75) is 26.7 Å². The van der Waals surface area contributed by atoms with Gasteiger partial charge >= 0.3 is 0 Å². The lowest BCUT2D eigenvalue weighted by Crippen LogP contribution is -2.27. The molecule has 1 N–H and O–H groups in total. The summed E-state index contributed by atoms with van der Waals surface area (Å²) in [7, 11) is 0. The summed E-state index contributed by atoms with van der Waals surface area (Å²) in [5.41, 5.74) is 0.275. The van der Waals surface area contributed by atoms with E-state index in [1.165, 1.54) is 12.8 Å². The maximum absolute atomic E-state index is 11.2. The summed E-state index contributed by atoms with van der Waals surface area (Å²) in [6, 6.07) is 0. The van der Waals surface area contributed by atoms with Crippen molar-refractivity contribution >= 4 is 5.91 Å². The average molecular weight is 153 g/mol.